The van der Waals surface area contributed by atoms with Gasteiger partial charge in [0, 0.05) is 16.3 Å². The summed E-state index contributed by atoms with van der Waals surface area (Å²) in [6, 6.07) is 2.46. The van der Waals surface area contributed by atoms with E-state index in [0.717, 1.165) is 25.9 Å². The minimum absolute atomic E-state index is 0.0300. The normalized spacial score (nSPS) is 21.2. The van der Waals surface area contributed by atoms with Gasteiger partial charge >= 0.3 is 0 Å². The third kappa shape index (κ3) is 3.00. The van der Waals surface area contributed by atoms with Gasteiger partial charge in [0.25, 0.3) is 0 Å². The van der Waals surface area contributed by atoms with Gasteiger partial charge < -0.3 is 10.2 Å². The van der Waals surface area contributed by atoms with Gasteiger partial charge in [-0.15, -0.1) is 11.3 Å². The highest BCUT2D eigenvalue weighted by Gasteiger charge is 2.34. The van der Waals surface area contributed by atoms with Crippen LogP contribution in [0, 0.1) is 13.8 Å². The standard InChI is InChI=1S/C15H24N2OS/c1-5-7-16-14-6-8-17(15(14)18)11(3)13-9-10(2)19-12(13)4/h9,11,14,16H,5-8H2,1-4H3. The number of carbonyl (C=O) groups excluding carboxylic acids is 1. The molecule has 2 unspecified atom stereocenters. The lowest BCUT2D eigenvalue weighted by Gasteiger charge is -2.25. The van der Waals surface area contributed by atoms with Crippen LogP contribution in [0.1, 0.15) is 48.0 Å². The summed E-state index contributed by atoms with van der Waals surface area (Å²) < 4.78 is 0. The lowest BCUT2D eigenvalue weighted by molar-refractivity contribution is -0.131. The van der Waals surface area contributed by atoms with Crippen LogP contribution in [0.25, 0.3) is 0 Å². The van der Waals surface area contributed by atoms with E-state index in [1.807, 2.05) is 16.2 Å². The summed E-state index contributed by atoms with van der Waals surface area (Å²) in [5, 5.41) is 3.35. The largest absolute Gasteiger partial charge is 0.334 e. The topological polar surface area (TPSA) is 32.3 Å². The van der Waals surface area contributed by atoms with Crippen molar-refractivity contribution >= 4 is 17.2 Å². The zero-order valence-corrected chi connectivity index (χ0v) is 13.1. The molecule has 19 heavy (non-hydrogen) atoms. The predicted molar refractivity (Wildman–Crippen MR) is 80.6 cm³/mol. The van der Waals surface area contributed by atoms with E-state index in [1.54, 1.807) is 0 Å². The molecule has 0 spiro atoms. The second-order valence-corrected chi connectivity index (χ2v) is 6.83. The lowest BCUT2D eigenvalue weighted by Crippen LogP contribution is -2.39. The van der Waals surface area contributed by atoms with Gasteiger partial charge in [-0.25, -0.2) is 0 Å². The first-order valence-corrected chi connectivity index (χ1v) is 7.97. The Morgan fingerprint density at radius 1 is 1.53 bits per heavy atom. The van der Waals surface area contributed by atoms with Gasteiger partial charge in [-0.2, -0.15) is 0 Å². The van der Waals surface area contributed by atoms with Crippen LogP contribution in [0.2, 0.25) is 0 Å². The minimum Gasteiger partial charge on any atom is -0.334 e. The van der Waals surface area contributed by atoms with Crippen LogP contribution in [-0.2, 0) is 4.79 Å². The van der Waals surface area contributed by atoms with Gasteiger partial charge in [0.2, 0.25) is 5.91 Å². The van der Waals surface area contributed by atoms with Crippen LogP contribution in [0.3, 0.4) is 0 Å². The molecule has 1 fully saturated rings. The molecular formula is C15H24N2OS. The van der Waals surface area contributed by atoms with Crippen LogP contribution in [0.4, 0.5) is 0 Å². The Kier molecular flexibility index (Phi) is 4.63. The van der Waals surface area contributed by atoms with E-state index in [0.29, 0.717) is 0 Å². The molecular weight excluding hydrogens is 256 g/mol. The number of amides is 1. The van der Waals surface area contributed by atoms with Crippen molar-refractivity contribution in [3.8, 4) is 0 Å². The fourth-order valence-electron chi connectivity index (χ4n) is 2.83. The first-order valence-electron chi connectivity index (χ1n) is 7.15. The minimum atomic E-state index is 0.0300. The molecule has 1 aliphatic heterocycles. The Hall–Kier alpha value is -0.870. The first kappa shape index (κ1) is 14.5. The lowest BCUT2D eigenvalue weighted by atomic mass is 10.1. The molecule has 106 valence electrons. The molecule has 2 atom stereocenters. The van der Waals surface area contributed by atoms with Crippen molar-refractivity contribution < 1.29 is 4.79 Å². The summed E-state index contributed by atoms with van der Waals surface area (Å²) in [5.41, 5.74) is 1.31. The highest BCUT2D eigenvalue weighted by Crippen LogP contribution is 2.32. The van der Waals surface area contributed by atoms with Crippen molar-refractivity contribution in [2.45, 2.75) is 52.6 Å². The fourth-order valence-corrected chi connectivity index (χ4v) is 3.84. The molecule has 1 N–H and O–H groups in total. The van der Waals surface area contributed by atoms with Gasteiger partial charge in [0.05, 0.1) is 12.1 Å². The maximum absolute atomic E-state index is 12.4. The van der Waals surface area contributed by atoms with Crippen molar-refractivity contribution in [1.29, 1.82) is 0 Å². The number of likely N-dealkylation sites (tertiary alicyclic amines) is 1. The summed E-state index contributed by atoms with van der Waals surface area (Å²) in [5.74, 6) is 0.268. The number of nitrogens with zero attached hydrogens (tertiary/aromatic N) is 1. The van der Waals surface area contributed by atoms with Gasteiger partial charge in [-0.3, -0.25) is 4.79 Å². The zero-order chi connectivity index (χ0) is 14.0. The van der Waals surface area contributed by atoms with E-state index in [9.17, 15) is 4.79 Å². The summed E-state index contributed by atoms with van der Waals surface area (Å²) in [7, 11) is 0. The molecule has 3 nitrogen and oxygen atoms in total. The molecule has 0 saturated carbocycles. The summed E-state index contributed by atoms with van der Waals surface area (Å²) in [4.78, 5) is 17.1. The Labute approximate surface area is 120 Å². The molecule has 0 aliphatic carbocycles. The van der Waals surface area contributed by atoms with E-state index < -0.39 is 0 Å². The number of nitrogens with one attached hydrogen (secondary N) is 1. The van der Waals surface area contributed by atoms with Crippen LogP contribution in [0.15, 0.2) is 6.07 Å². The van der Waals surface area contributed by atoms with E-state index in [2.05, 4.69) is 39.1 Å². The molecule has 1 amide bonds. The molecule has 4 heteroatoms. The third-order valence-electron chi connectivity index (χ3n) is 3.88. The highest BCUT2D eigenvalue weighted by molar-refractivity contribution is 7.12. The van der Waals surface area contributed by atoms with Gasteiger partial charge in [-0.05, 0) is 51.8 Å². The smallest absolute Gasteiger partial charge is 0.240 e. The highest BCUT2D eigenvalue weighted by atomic mass is 32.1. The second-order valence-electron chi connectivity index (χ2n) is 5.37. The second kappa shape index (κ2) is 6.06. The number of rotatable bonds is 5. The Balaban J connectivity index is 2.06. The SMILES string of the molecule is CCCNC1CCN(C(C)c2cc(C)sc2C)C1=O. The third-order valence-corrected chi connectivity index (χ3v) is 4.86. The number of hydrogen-bond acceptors (Lipinski definition) is 3. The molecule has 0 aromatic carbocycles. The molecule has 2 heterocycles. The van der Waals surface area contributed by atoms with E-state index in [1.165, 1.54) is 15.3 Å². The molecule has 2 rings (SSSR count). The maximum atomic E-state index is 12.4. The summed E-state index contributed by atoms with van der Waals surface area (Å²) in [6.45, 7) is 10.4. The van der Waals surface area contributed by atoms with Gasteiger partial charge in [0.1, 0.15) is 0 Å². The molecule has 1 aliphatic rings. The molecule has 1 aromatic heterocycles. The summed E-state index contributed by atoms with van der Waals surface area (Å²) in [6.07, 6.45) is 2.01. The van der Waals surface area contributed by atoms with Crippen molar-refractivity contribution in [2.24, 2.45) is 0 Å². The quantitative estimate of drug-likeness (QED) is 0.899. The average molecular weight is 280 g/mol. The van der Waals surface area contributed by atoms with Gasteiger partial charge in [-0.1, -0.05) is 6.92 Å². The predicted octanol–water partition coefficient (Wildman–Crippen LogP) is 3.03. The van der Waals surface area contributed by atoms with Crippen molar-refractivity contribution in [3.63, 3.8) is 0 Å². The van der Waals surface area contributed by atoms with Crippen LogP contribution < -0.4 is 5.32 Å². The van der Waals surface area contributed by atoms with Crippen molar-refractivity contribution in [1.82, 2.24) is 10.2 Å². The Morgan fingerprint density at radius 2 is 2.26 bits per heavy atom. The number of thiophene rings is 1. The first-order chi connectivity index (χ1) is 9.04. The van der Waals surface area contributed by atoms with Crippen LogP contribution in [0.5, 0.6) is 0 Å². The van der Waals surface area contributed by atoms with E-state index in [4.69, 9.17) is 0 Å². The molecule has 0 radical (unpaired) electrons. The molecule has 1 aromatic rings. The molecule has 0 bridgehead atoms. The monoisotopic (exact) mass is 280 g/mol. The Bertz CT molecular complexity index is 455. The van der Waals surface area contributed by atoms with Gasteiger partial charge in [0.15, 0.2) is 0 Å². The summed E-state index contributed by atoms with van der Waals surface area (Å²) >= 11 is 1.82. The number of hydrogen-bond donors (Lipinski definition) is 1. The van der Waals surface area contributed by atoms with Crippen molar-refractivity contribution in [3.05, 3.63) is 21.4 Å². The van der Waals surface area contributed by atoms with E-state index >= 15 is 0 Å². The van der Waals surface area contributed by atoms with Crippen molar-refractivity contribution in [2.75, 3.05) is 13.1 Å². The van der Waals surface area contributed by atoms with Crippen LogP contribution in [-0.4, -0.2) is 29.9 Å². The average Bonchev–Trinajstić information content (AvgIpc) is 2.89. The number of carbonyl (C=O) groups is 1. The number of aryl methyl sites for hydroxylation is 2. The maximum Gasteiger partial charge on any atom is 0.240 e. The zero-order valence-electron chi connectivity index (χ0n) is 12.3. The Morgan fingerprint density at radius 3 is 2.84 bits per heavy atom. The van der Waals surface area contributed by atoms with Crippen LogP contribution >= 0.6 is 11.3 Å². The fraction of sp³-hybridized carbons (Fsp3) is 0.667. The van der Waals surface area contributed by atoms with E-state index in [-0.39, 0.29) is 18.0 Å². The molecule has 1 saturated heterocycles.